The van der Waals surface area contributed by atoms with E-state index >= 15 is 0 Å². The van der Waals surface area contributed by atoms with Gasteiger partial charge in [0.15, 0.2) is 4.67 Å². The highest BCUT2D eigenvalue weighted by Crippen LogP contribution is 2.25. The van der Waals surface area contributed by atoms with Gasteiger partial charge >= 0.3 is 0 Å². The Hall–Kier alpha value is -0.620. The van der Waals surface area contributed by atoms with Crippen LogP contribution in [0.25, 0.3) is 0 Å². The molecule has 0 saturated carbocycles. The van der Waals surface area contributed by atoms with Crippen molar-refractivity contribution in [2.24, 2.45) is 5.84 Å². The summed E-state index contributed by atoms with van der Waals surface area (Å²) in [6.07, 6.45) is 0.762. The molecule has 1 heterocycles. The van der Waals surface area contributed by atoms with Gasteiger partial charge in [0.2, 0.25) is 0 Å². The molecule has 0 aliphatic carbocycles. The van der Waals surface area contributed by atoms with E-state index in [1.54, 1.807) is 0 Å². The highest BCUT2D eigenvalue weighted by molar-refractivity contribution is 9.10. The summed E-state index contributed by atoms with van der Waals surface area (Å²) >= 11 is 6.81. The van der Waals surface area contributed by atoms with E-state index in [4.69, 9.17) is 10.3 Å². The molecule has 0 spiro atoms. The molecule has 2 aromatic rings. The summed E-state index contributed by atoms with van der Waals surface area (Å²) < 4.78 is 7.29. The van der Waals surface area contributed by atoms with Crippen molar-refractivity contribution in [2.75, 3.05) is 0 Å². The first-order valence-electron chi connectivity index (χ1n) is 5.15. The highest BCUT2D eigenvalue weighted by Gasteiger charge is 2.15. The molecule has 90 valence electrons. The van der Waals surface area contributed by atoms with Crippen molar-refractivity contribution in [1.82, 2.24) is 5.43 Å². The number of hydrogen-bond acceptors (Lipinski definition) is 3. The summed E-state index contributed by atoms with van der Waals surface area (Å²) in [6, 6.07) is 11.8. The van der Waals surface area contributed by atoms with E-state index in [0.717, 1.165) is 16.7 Å². The van der Waals surface area contributed by atoms with Gasteiger partial charge in [-0.1, -0.05) is 34.1 Å². The van der Waals surface area contributed by atoms with E-state index < -0.39 is 0 Å². The van der Waals surface area contributed by atoms with Crippen LogP contribution in [0.2, 0.25) is 0 Å². The number of hydrogen-bond donors (Lipinski definition) is 2. The molecular formula is C12H12Br2N2O. The van der Waals surface area contributed by atoms with Gasteiger partial charge in [0.05, 0.1) is 6.04 Å². The SMILES string of the molecule is NNC(Cc1ccccc1Br)c1ccc(Br)o1. The van der Waals surface area contributed by atoms with Gasteiger partial charge in [-0.2, -0.15) is 0 Å². The van der Waals surface area contributed by atoms with E-state index in [-0.39, 0.29) is 6.04 Å². The van der Waals surface area contributed by atoms with Gasteiger partial charge in [-0.25, -0.2) is 5.43 Å². The first kappa shape index (κ1) is 12.8. The maximum atomic E-state index is 5.57. The summed E-state index contributed by atoms with van der Waals surface area (Å²) in [7, 11) is 0. The Kier molecular flexibility index (Phi) is 4.39. The van der Waals surface area contributed by atoms with Crippen molar-refractivity contribution in [1.29, 1.82) is 0 Å². The minimum Gasteiger partial charge on any atom is -0.453 e. The van der Waals surface area contributed by atoms with Crippen molar-refractivity contribution in [3.63, 3.8) is 0 Å². The van der Waals surface area contributed by atoms with E-state index in [1.165, 1.54) is 5.56 Å². The highest BCUT2D eigenvalue weighted by atomic mass is 79.9. The molecule has 0 bridgehead atoms. The van der Waals surface area contributed by atoms with E-state index in [1.807, 2.05) is 30.3 Å². The first-order chi connectivity index (χ1) is 8.20. The van der Waals surface area contributed by atoms with Crippen LogP contribution < -0.4 is 11.3 Å². The van der Waals surface area contributed by atoms with Crippen molar-refractivity contribution in [3.05, 3.63) is 56.9 Å². The summed E-state index contributed by atoms with van der Waals surface area (Å²) in [4.78, 5) is 0. The third kappa shape index (κ3) is 3.19. The van der Waals surface area contributed by atoms with Crippen molar-refractivity contribution >= 4 is 31.9 Å². The molecule has 2 rings (SSSR count). The van der Waals surface area contributed by atoms with Gasteiger partial charge in [-0.15, -0.1) is 0 Å². The van der Waals surface area contributed by atoms with E-state index in [0.29, 0.717) is 4.67 Å². The van der Waals surface area contributed by atoms with Crippen LogP contribution in [0.15, 0.2) is 50.0 Å². The van der Waals surface area contributed by atoms with Crippen LogP contribution >= 0.6 is 31.9 Å². The molecule has 0 radical (unpaired) electrons. The molecule has 0 fully saturated rings. The van der Waals surface area contributed by atoms with Gasteiger partial charge in [-0.05, 0) is 46.1 Å². The molecule has 0 aliphatic heterocycles. The van der Waals surface area contributed by atoms with Gasteiger partial charge in [0.1, 0.15) is 5.76 Å². The average molecular weight is 360 g/mol. The molecular weight excluding hydrogens is 348 g/mol. The predicted octanol–water partition coefficient (Wildman–Crippen LogP) is 3.55. The Morgan fingerprint density at radius 3 is 2.53 bits per heavy atom. The lowest BCUT2D eigenvalue weighted by atomic mass is 10.0. The summed E-state index contributed by atoms with van der Waals surface area (Å²) in [5.41, 5.74) is 3.96. The Morgan fingerprint density at radius 2 is 1.94 bits per heavy atom. The molecule has 0 saturated heterocycles. The van der Waals surface area contributed by atoms with Crippen LogP contribution in [-0.2, 0) is 6.42 Å². The van der Waals surface area contributed by atoms with Crippen molar-refractivity contribution in [2.45, 2.75) is 12.5 Å². The summed E-state index contributed by atoms with van der Waals surface area (Å²) in [6.45, 7) is 0. The quantitative estimate of drug-likeness (QED) is 0.648. The van der Waals surface area contributed by atoms with Gasteiger partial charge in [0, 0.05) is 4.47 Å². The Balaban J connectivity index is 2.18. The van der Waals surface area contributed by atoms with Crippen LogP contribution in [-0.4, -0.2) is 0 Å². The Labute approximate surface area is 117 Å². The lowest BCUT2D eigenvalue weighted by molar-refractivity contribution is 0.404. The number of hydrazine groups is 1. The van der Waals surface area contributed by atoms with Gasteiger partial charge < -0.3 is 4.42 Å². The first-order valence-corrected chi connectivity index (χ1v) is 6.74. The fourth-order valence-electron chi connectivity index (χ4n) is 1.64. The molecule has 0 aliphatic rings. The number of nitrogens with one attached hydrogen (secondary N) is 1. The van der Waals surface area contributed by atoms with Crippen molar-refractivity contribution in [3.8, 4) is 0 Å². The largest absolute Gasteiger partial charge is 0.453 e. The zero-order valence-corrected chi connectivity index (χ0v) is 12.2. The number of rotatable bonds is 4. The van der Waals surface area contributed by atoms with Crippen LogP contribution in [0.5, 0.6) is 0 Å². The normalized spacial score (nSPS) is 12.6. The zero-order chi connectivity index (χ0) is 12.3. The fourth-order valence-corrected chi connectivity index (χ4v) is 2.41. The second-order valence-corrected chi connectivity index (χ2v) is 5.29. The monoisotopic (exact) mass is 358 g/mol. The second-order valence-electron chi connectivity index (χ2n) is 3.66. The molecule has 1 atom stereocenters. The summed E-state index contributed by atoms with van der Waals surface area (Å²) in [5, 5.41) is 0. The lowest BCUT2D eigenvalue weighted by Crippen LogP contribution is -2.29. The standard InChI is InChI=1S/C12H12Br2N2O/c13-9-4-2-1-3-8(9)7-10(16-15)11-5-6-12(14)17-11/h1-6,10,16H,7,15H2. The molecule has 1 aromatic heterocycles. The molecule has 3 nitrogen and oxygen atoms in total. The fraction of sp³-hybridized carbons (Fsp3) is 0.167. The number of furan rings is 1. The minimum absolute atomic E-state index is 0.0417. The Bertz CT molecular complexity index is 499. The lowest BCUT2D eigenvalue weighted by Gasteiger charge is -2.14. The number of halogens is 2. The van der Waals surface area contributed by atoms with Crippen molar-refractivity contribution < 1.29 is 4.42 Å². The maximum absolute atomic E-state index is 5.57. The minimum atomic E-state index is -0.0417. The molecule has 3 N–H and O–H groups in total. The van der Waals surface area contributed by atoms with Crippen LogP contribution in [0.3, 0.4) is 0 Å². The number of benzene rings is 1. The smallest absolute Gasteiger partial charge is 0.169 e. The van der Waals surface area contributed by atoms with Crippen LogP contribution in [0, 0.1) is 0 Å². The van der Waals surface area contributed by atoms with Crippen LogP contribution in [0.4, 0.5) is 0 Å². The predicted molar refractivity (Wildman–Crippen MR) is 74.3 cm³/mol. The average Bonchev–Trinajstić information content (AvgIpc) is 2.75. The van der Waals surface area contributed by atoms with E-state index in [2.05, 4.69) is 43.4 Å². The van der Waals surface area contributed by atoms with Gasteiger partial charge in [-0.3, -0.25) is 5.84 Å². The molecule has 1 unspecified atom stereocenters. The second kappa shape index (κ2) is 5.82. The molecule has 0 amide bonds. The summed E-state index contributed by atoms with van der Waals surface area (Å²) in [5.74, 6) is 6.39. The topological polar surface area (TPSA) is 51.2 Å². The Morgan fingerprint density at radius 1 is 1.18 bits per heavy atom. The molecule has 1 aromatic carbocycles. The van der Waals surface area contributed by atoms with E-state index in [9.17, 15) is 0 Å². The molecule has 5 heteroatoms. The molecule has 17 heavy (non-hydrogen) atoms. The maximum Gasteiger partial charge on any atom is 0.169 e. The number of nitrogens with two attached hydrogens (primary N) is 1. The zero-order valence-electron chi connectivity index (χ0n) is 8.99. The third-order valence-electron chi connectivity index (χ3n) is 2.52. The third-order valence-corrected chi connectivity index (χ3v) is 3.72. The van der Waals surface area contributed by atoms with Crippen LogP contribution in [0.1, 0.15) is 17.4 Å². The van der Waals surface area contributed by atoms with Gasteiger partial charge in [0.25, 0.3) is 0 Å².